The number of sulfonamides is 1. The minimum atomic E-state index is -3.89. The van der Waals surface area contributed by atoms with Crippen molar-refractivity contribution in [2.24, 2.45) is 0 Å². The van der Waals surface area contributed by atoms with E-state index in [1.54, 1.807) is 6.07 Å². The molecule has 2 N–H and O–H groups in total. The molecule has 178 valence electrons. The topological polar surface area (TPSA) is 103 Å². The highest BCUT2D eigenvalue weighted by Gasteiger charge is 2.19. The number of halogens is 2. The van der Waals surface area contributed by atoms with E-state index >= 15 is 0 Å². The fourth-order valence-corrected chi connectivity index (χ4v) is 4.21. The van der Waals surface area contributed by atoms with Crippen LogP contribution in [0.5, 0.6) is 17.2 Å². The van der Waals surface area contributed by atoms with Crippen molar-refractivity contribution in [2.45, 2.75) is 17.9 Å². The molecule has 1 aliphatic heterocycles. The summed E-state index contributed by atoms with van der Waals surface area (Å²) in [6.45, 7) is -2.02. The number of ether oxygens (including phenoxy) is 3. The van der Waals surface area contributed by atoms with Gasteiger partial charge in [-0.25, -0.2) is 8.42 Å². The van der Waals surface area contributed by atoms with Crippen molar-refractivity contribution in [2.75, 3.05) is 23.3 Å². The summed E-state index contributed by atoms with van der Waals surface area (Å²) in [6.07, 6.45) is 0.705. The first-order valence-electron chi connectivity index (χ1n) is 10.2. The van der Waals surface area contributed by atoms with Gasteiger partial charge in [-0.3, -0.25) is 9.52 Å². The number of hydrogen-bond donors (Lipinski definition) is 2. The molecule has 0 aromatic heterocycles. The summed E-state index contributed by atoms with van der Waals surface area (Å²) in [6, 6.07) is 15.7. The van der Waals surface area contributed by atoms with E-state index in [1.807, 2.05) is 0 Å². The third-order valence-corrected chi connectivity index (χ3v) is 6.14. The summed E-state index contributed by atoms with van der Waals surface area (Å²) < 4.78 is 67.8. The van der Waals surface area contributed by atoms with Gasteiger partial charge in [0, 0.05) is 29.4 Å². The molecule has 34 heavy (non-hydrogen) atoms. The Balaban J connectivity index is 1.40. The van der Waals surface area contributed by atoms with E-state index in [0.717, 1.165) is 0 Å². The molecule has 1 amide bonds. The van der Waals surface area contributed by atoms with Gasteiger partial charge in [-0.05, 0) is 60.7 Å². The van der Waals surface area contributed by atoms with Crippen LogP contribution in [0.1, 0.15) is 16.8 Å². The maximum Gasteiger partial charge on any atom is 0.387 e. The molecule has 0 saturated carbocycles. The predicted molar refractivity (Wildman–Crippen MR) is 120 cm³/mol. The van der Waals surface area contributed by atoms with Crippen LogP contribution in [0.4, 0.5) is 20.2 Å². The lowest BCUT2D eigenvalue weighted by Crippen LogP contribution is -2.14. The number of fused-ring (bicyclic) bond motifs is 1. The monoisotopic (exact) mass is 490 g/mol. The molecule has 1 heterocycles. The standard InChI is InChI=1S/C23H20F2N2O6S/c24-23(25)33-18-8-2-15(3-9-18)22(28)26-16-4-6-17(7-5-16)27-34(29,30)19-10-11-20-21(14-19)32-13-1-12-31-20/h2-11,14,23,27H,1,12-13H2,(H,26,28). The van der Waals surface area contributed by atoms with Crippen LogP contribution in [-0.2, 0) is 10.0 Å². The zero-order valence-corrected chi connectivity index (χ0v) is 18.5. The third kappa shape index (κ3) is 5.73. The highest BCUT2D eigenvalue weighted by atomic mass is 32.2. The van der Waals surface area contributed by atoms with E-state index in [4.69, 9.17) is 9.47 Å². The van der Waals surface area contributed by atoms with E-state index < -0.39 is 22.5 Å². The average molecular weight is 490 g/mol. The van der Waals surface area contributed by atoms with Gasteiger partial charge in [0.15, 0.2) is 11.5 Å². The summed E-state index contributed by atoms with van der Waals surface area (Å²) in [5.74, 6) is 0.334. The highest BCUT2D eigenvalue weighted by molar-refractivity contribution is 7.92. The number of carbonyl (C=O) groups is 1. The van der Waals surface area contributed by atoms with Crippen molar-refractivity contribution in [3.05, 3.63) is 72.3 Å². The number of amides is 1. The maximum absolute atomic E-state index is 12.8. The van der Waals surface area contributed by atoms with E-state index in [-0.39, 0.29) is 16.2 Å². The molecular formula is C23H20F2N2O6S. The first kappa shape index (κ1) is 23.3. The number of rotatable bonds is 7. The molecule has 0 radical (unpaired) electrons. The third-order valence-electron chi connectivity index (χ3n) is 4.77. The van der Waals surface area contributed by atoms with E-state index in [9.17, 15) is 22.0 Å². The van der Waals surface area contributed by atoms with Gasteiger partial charge in [0.05, 0.1) is 18.1 Å². The zero-order valence-electron chi connectivity index (χ0n) is 17.7. The number of nitrogens with one attached hydrogen (secondary N) is 2. The Labute approximate surface area is 194 Å². The Morgan fingerprint density at radius 2 is 1.53 bits per heavy atom. The van der Waals surface area contributed by atoms with Crippen LogP contribution >= 0.6 is 0 Å². The minimum absolute atomic E-state index is 0.0217. The van der Waals surface area contributed by atoms with E-state index in [2.05, 4.69) is 14.8 Å². The van der Waals surface area contributed by atoms with Crippen molar-refractivity contribution >= 4 is 27.3 Å². The second kappa shape index (κ2) is 9.96. The molecule has 8 nitrogen and oxygen atoms in total. The molecule has 0 unspecified atom stereocenters. The molecule has 4 rings (SSSR count). The molecule has 1 aliphatic rings. The van der Waals surface area contributed by atoms with E-state index in [0.29, 0.717) is 42.5 Å². The fourth-order valence-electron chi connectivity index (χ4n) is 3.14. The SMILES string of the molecule is O=C(Nc1ccc(NS(=O)(=O)c2ccc3c(c2)OCCCO3)cc1)c1ccc(OC(F)F)cc1. The number of hydrogen-bond acceptors (Lipinski definition) is 6. The Bertz CT molecular complexity index is 1270. The van der Waals surface area contributed by atoms with Crippen molar-refractivity contribution in [1.82, 2.24) is 0 Å². The number of carbonyl (C=O) groups excluding carboxylic acids is 1. The summed E-state index contributed by atoms with van der Waals surface area (Å²) in [7, 11) is -3.89. The van der Waals surface area contributed by atoms with Gasteiger partial charge in [-0.15, -0.1) is 0 Å². The lowest BCUT2D eigenvalue weighted by molar-refractivity contribution is -0.0498. The largest absolute Gasteiger partial charge is 0.490 e. The Hall–Kier alpha value is -3.86. The first-order chi connectivity index (χ1) is 16.3. The molecule has 0 spiro atoms. The molecule has 0 bridgehead atoms. The minimum Gasteiger partial charge on any atom is -0.490 e. The zero-order chi connectivity index (χ0) is 24.1. The van der Waals surface area contributed by atoms with Crippen LogP contribution in [0.3, 0.4) is 0 Å². The van der Waals surface area contributed by atoms with Gasteiger partial charge < -0.3 is 19.5 Å². The van der Waals surface area contributed by atoms with Gasteiger partial charge >= 0.3 is 6.61 Å². The second-order valence-corrected chi connectivity index (χ2v) is 8.88. The second-order valence-electron chi connectivity index (χ2n) is 7.20. The summed E-state index contributed by atoms with van der Waals surface area (Å²) in [5.41, 5.74) is 0.941. The average Bonchev–Trinajstić information content (AvgIpc) is 3.05. The summed E-state index contributed by atoms with van der Waals surface area (Å²) in [4.78, 5) is 12.4. The van der Waals surface area contributed by atoms with Gasteiger partial charge in [0.2, 0.25) is 0 Å². The Morgan fingerprint density at radius 1 is 0.882 bits per heavy atom. The molecule has 3 aromatic carbocycles. The lowest BCUT2D eigenvalue weighted by Gasteiger charge is -2.12. The normalized spacial score (nSPS) is 13.1. The maximum atomic E-state index is 12.8. The van der Waals surface area contributed by atoms with Crippen LogP contribution in [0.25, 0.3) is 0 Å². The number of anilines is 2. The fraction of sp³-hybridized carbons (Fsp3) is 0.174. The van der Waals surface area contributed by atoms with E-state index in [1.165, 1.54) is 60.7 Å². The van der Waals surface area contributed by atoms with Crippen molar-refractivity contribution < 1.29 is 36.2 Å². The molecular weight excluding hydrogens is 470 g/mol. The quantitative estimate of drug-likeness (QED) is 0.506. The molecule has 0 fully saturated rings. The molecule has 3 aromatic rings. The van der Waals surface area contributed by atoms with Gasteiger partial charge in [0.25, 0.3) is 15.9 Å². The van der Waals surface area contributed by atoms with Crippen LogP contribution in [-0.4, -0.2) is 34.2 Å². The summed E-state index contributed by atoms with van der Waals surface area (Å²) >= 11 is 0. The van der Waals surface area contributed by atoms with Crippen LogP contribution in [0, 0.1) is 0 Å². The Morgan fingerprint density at radius 3 is 2.21 bits per heavy atom. The highest BCUT2D eigenvalue weighted by Crippen LogP contribution is 2.32. The van der Waals surface area contributed by atoms with Crippen molar-refractivity contribution in [3.8, 4) is 17.2 Å². The van der Waals surface area contributed by atoms with Crippen molar-refractivity contribution in [3.63, 3.8) is 0 Å². The molecule has 0 aliphatic carbocycles. The predicted octanol–water partition coefficient (Wildman–Crippen LogP) is 4.50. The van der Waals surface area contributed by atoms with Crippen LogP contribution < -0.4 is 24.2 Å². The number of alkyl halides is 2. The molecule has 0 saturated heterocycles. The van der Waals surface area contributed by atoms with Crippen LogP contribution in [0.15, 0.2) is 71.6 Å². The molecule has 0 atom stereocenters. The first-order valence-corrected chi connectivity index (χ1v) is 11.7. The van der Waals surface area contributed by atoms with Crippen LogP contribution in [0.2, 0.25) is 0 Å². The Kier molecular flexibility index (Phi) is 6.82. The van der Waals surface area contributed by atoms with Gasteiger partial charge in [-0.2, -0.15) is 8.78 Å². The van der Waals surface area contributed by atoms with Gasteiger partial charge in [-0.1, -0.05) is 0 Å². The molecule has 11 heteroatoms. The lowest BCUT2D eigenvalue weighted by atomic mass is 10.2. The number of benzene rings is 3. The van der Waals surface area contributed by atoms with Gasteiger partial charge in [0.1, 0.15) is 5.75 Å². The summed E-state index contributed by atoms with van der Waals surface area (Å²) in [5, 5.41) is 2.64. The smallest absolute Gasteiger partial charge is 0.387 e. The van der Waals surface area contributed by atoms with Crippen molar-refractivity contribution in [1.29, 1.82) is 0 Å².